The van der Waals surface area contributed by atoms with Crippen molar-refractivity contribution in [1.82, 2.24) is 9.80 Å². The van der Waals surface area contributed by atoms with Gasteiger partial charge in [0, 0.05) is 26.2 Å². The monoisotopic (exact) mass is 399 g/mol. The van der Waals surface area contributed by atoms with Crippen LogP contribution in [0.3, 0.4) is 0 Å². The summed E-state index contributed by atoms with van der Waals surface area (Å²) < 4.78 is 10.4. The van der Waals surface area contributed by atoms with Crippen LogP contribution in [0.1, 0.15) is 40.7 Å². The molecule has 8 heteroatoms. The van der Waals surface area contributed by atoms with Gasteiger partial charge in [0.2, 0.25) is 0 Å². The predicted octanol–water partition coefficient (Wildman–Crippen LogP) is 3.23. The molecule has 3 rings (SSSR count). The van der Waals surface area contributed by atoms with Crippen LogP contribution in [0.2, 0.25) is 0 Å². The minimum absolute atomic E-state index is 0.185. The normalized spacial score (nSPS) is 13.8. The Kier molecular flexibility index (Phi) is 6.89. The van der Waals surface area contributed by atoms with Crippen LogP contribution in [-0.4, -0.2) is 60.5 Å². The van der Waals surface area contributed by atoms with Crippen LogP contribution in [-0.2, 0) is 4.74 Å². The molecule has 154 valence electrons. The summed E-state index contributed by atoms with van der Waals surface area (Å²) in [7, 11) is 0. The fourth-order valence-corrected chi connectivity index (χ4v) is 3.02. The van der Waals surface area contributed by atoms with Gasteiger partial charge in [0.15, 0.2) is 5.76 Å². The molecule has 0 atom stereocenters. The highest BCUT2D eigenvalue weighted by Crippen LogP contribution is 2.18. The van der Waals surface area contributed by atoms with Gasteiger partial charge < -0.3 is 24.3 Å². The number of amides is 3. The van der Waals surface area contributed by atoms with Gasteiger partial charge in [-0.15, -0.1) is 0 Å². The predicted molar refractivity (Wildman–Crippen MR) is 107 cm³/mol. The fraction of sp³-hybridized carbons (Fsp3) is 0.381. The summed E-state index contributed by atoms with van der Waals surface area (Å²) in [4.78, 5) is 40.5. The molecule has 1 aromatic heterocycles. The third kappa shape index (κ3) is 5.16. The summed E-state index contributed by atoms with van der Waals surface area (Å²) in [5.74, 6) is -0.350. The van der Waals surface area contributed by atoms with Crippen LogP contribution in [0.4, 0.5) is 10.5 Å². The highest BCUT2D eigenvalue weighted by atomic mass is 16.5. The Morgan fingerprint density at radius 1 is 1.03 bits per heavy atom. The number of piperazine rings is 1. The van der Waals surface area contributed by atoms with E-state index < -0.39 is 5.97 Å². The summed E-state index contributed by atoms with van der Waals surface area (Å²) in [6, 6.07) is 9.75. The largest absolute Gasteiger partial charge is 0.462 e. The summed E-state index contributed by atoms with van der Waals surface area (Å²) in [5.41, 5.74) is 0.733. The Morgan fingerprint density at radius 3 is 2.45 bits per heavy atom. The van der Waals surface area contributed by atoms with E-state index >= 15 is 0 Å². The van der Waals surface area contributed by atoms with Crippen molar-refractivity contribution in [1.29, 1.82) is 0 Å². The standard InChI is InChI=1S/C21H25N3O5/c1-2-3-14-29-20(26)16-7-4-5-8-17(16)22-21(27)24-12-10-23(11-13-24)19(25)18-9-6-15-28-18/h4-9,15H,2-3,10-14H2,1H3,(H,22,27). The third-order valence-electron chi connectivity index (χ3n) is 4.71. The lowest BCUT2D eigenvalue weighted by Gasteiger charge is -2.34. The molecule has 1 fully saturated rings. The van der Waals surface area contributed by atoms with E-state index in [1.807, 2.05) is 6.92 Å². The average Bonchev–Trinajstić information content (AvgIpc) is 3.29. The number of hydrogen-bond acceptors (Lipinski definition) is 5. The fourth-order valence-electron chi connectivity index (χ4n) is 3.02. The lowest BCUT2D eigenvalue weighted by Crippen LogP contribution is -2.51. The molecule has 29 heavy (non-hydrogen) atoms. The second-order valence-corrected chi connectivity index (χ2v) is 6.72. The van der Waals surface area contributed by atoms with E-state index in [1.54, 1.807) is 46.2 Å². The SMILES string of the molecule is CCCCOC(=O)c1ccccc1NC(=O)N1CCN(C(=O)c2ccco2)CC1. The number of benzene rings is 1. The topological polar surface area (TPSA) is 92.1 Å². The van der Waals surface area contributed by atoms with Gasteiger partial charge in [-0.2, -0.15) is 0 Å². The van der Waals surface area contributed by atoms with E-state index in [0.717, 1.165) is 12.8 Å². The Balaban J connectivity index is 1.56. The average molecular weight is 399 g/mol. The smallest absolute Gasteiger partial charge is 0.340 e. The number of hydrogen-bond donors (Lipinski definition) is 1. The Hall–Kier alpha value is -3.29. The maximum Gasteiger partial charge on any atom is 0.340 e. The van der Waals surface area contributed by atoms with E-state index in [1.165, 1.54) is 6.26 Å². The van der Waals surface area contributed by atoms with Gasteiger partial charge in [-0.05, 0) is 30.7 Å². The molecular weight excluding hydrogens is 374 g/mol. The molecule has 1 aliphatic heterocycles. The molecule has 1 N–H and O–H groups in total. The maximum absolute atomic E-state index is 12.6. The molecule has 0 unspecified atom stereocenters. The molecule has 1 aliphatic rings. The number of para-hydroxylation sites is 1. The van der Waals surface area contributed by atoms with Crippen molar-refractivity contribution < 1.29 is 23.5 Å². The van der Waals surface area contributed by atoms with Crippen molar-refractivity contribution in [2.45, 2.75) is 19.8 Å². The second kappa shape index (κ2) is 9.77. The van der Waals surface area contributed by atoms with Gasteiger partial charge in [-0.3, -0.25) is 4.79 Å². The second-order valence-electron chi connectivity index (χ2n) is 6.72. The number of rotatable bonds is 6. The van der Waals surface area contributed by atoms with Gasteiger partial charge in [-0.25, -0.2) is 9.59 Å². The highest BCUT2D eigenvalue weighted by molar-refractivity contribution is 6.01. The molecule has 1 saturated heterocycles. The number of nitrogens with one attached hydrogen (secondary N) is 1. The van der Waals surface area contributed by atoms with Gasteiger partial charge in [0.05, 0.1) is 24.1 Å². The molecule has 0 bridgehead atoms. The lowest BCUT2D eigenvalue weighted by atomic mass is 10.2. The van der Waals surface area contributed by atoms with Crippen molar-refractivity contribution in [2.75, 3.05) is 38.1 Å². The Morgan fingerprint density at radius 2 is 1.76 bits per heavy atom. The number of unbranched alkanes of at least 4 members (excludes halogenated alkanes) is 1. The van der Waals surface area contributed by atoms with E-state index in [0.29, 0.717) is 49.8 Å². The first-order valence-electron chi connectivity index (χ1n) is 9.75. The minimum Gasteiger partial charge on any atom is -0.462 e. The van der Waals surface area contributed by atoms with Gasteiger partial charge in [0.25, 0.3) is 5.91 Å². The summed E-state index contributed by atoms with van der Waals surface area (Å²) in [6.07, 6.45) is 3.18. The minimum atomic E-state index is -0.455. The van der Waals surface area contributed by atoms with Crippen LogP contribution < -0.4 is 5.32 Å². The third-order valence-corrected chi connectivity index (χ3v) is 4.71. The first kappa shape index (κ1) is 20.4. The van der Waals surface area contributed by atoms with E-state index in [2.05, 4.69) is 5.32 Å². The quantitative estimate of drug-likeness (QED) is 0.595. The number of furan rings is 1. The van der Waals surface area contributed by atoms with Crippen LogP contribution in [0, 0.1) is 0 Å². The number of nitrogens with zero attached hydrogens (tertiary/aromatic N) is 2. The number of carbonyl (C=O) groups excluding carboxylic acids is 3. The van der Waals surface area contributed by atoms with Gasteiger partial charge in [-0.1, -0.05) is 25.5 Å². The van der Waals surface area contributed by atoms with E-state index in [9.17, 15) is 14.4 Å². The van der Waals surface area contributed by atoms with E-state index in [4.69, 9.17) is 9.15 Å². The summed E-state index contributed by atoms with van der Waals surface area (Å²) >= 11 is 0. The number of esters is 1. The van der Waals surface area contributed by atoms with Crippen LogP contribution in [0.15, 0.2) is 47.1 Å². The molecule has 1 aromatic carbocycles. The van der Waals surface area contributed by atoms with Crippen molar-refractivity contribution in [3.8, 4) is 0 Å². The molecule has 2 aromatic rings. The highest BCUT2D eigenvalue weighted by Gasteiger charge is 2.26. The zero-order chi connectivity index (χ0) is 20.6. The lowest BCUT2D eigenvalue weighted by molar-refractivity contribution is 0.0500. The number of urea groups is 1. The van der Waals surface area contributed by atoms with Crippen LogP contribution in [0.25, 0.3) is 0 Å². The van der Waals surface area contributed by atoms with Crippen molar-refractivity contribution >= 4 is 23.6 Å². The first-order chi connectivity index (χ1) is 14.1. The molecule has 0 radical (unpaired) electrons. The molecule has 0 saturated carbocycles. The number of ether oxygens (including phenoxy) is 1. The Labute approximate surface area is 169 Å². The summed E-state index contributed by atoms with van der Waals surface area (Å²) in [5, 5.41) is 2.79. The molecular formula is C21H25N3O5. The molecule has 3 amide bonds. The van der Waals surface area contributed by atoms with Crippen molar-refractivity contribution in [3.05, 3.63) is 54.0 Å². The van der Waals surface area contributed by atoms with Gasteiger partial charge >= 0.3 is 12.0 Å². The van der Waals surface area contributed by atoms with Crippen molar-refractivity contribution in [2.24, 2.45) is 0 Å². The van der Waals surface area contributed by atoms with Gasteiger partial charge in [0.1, 0.15) is 0 Å². The van der Waals surface area contributed by atoms with Crippen LogP contribution in [0.5, 0.6) is 0 Å². The number of carbonyl (C=O) groups is 3. The molecule has 0 spiro atoms. The van der Waals surface area contributed by atoms with Crippen molar-refractivity contribution in [3.63, 3.8) is 0 Å². The molecule has 0 aliphatic carbocycles. The summed E-state index contributed by atoms with van der Waals surface area (Å²) in [6.45, 7) is 3.97. The zero-order valence-corrected chi connectivity index (χ0v) is 16.4. The molecule has 8 nitrogen and oxygen atoms in total. The Bertz CT molecular complexity index is 842. The van der Waals surface area contributed by atoms with Crippen LogP contribution >= 0.6 is 0 Å². The molecule has 2 heterocycles. The van der Waals surface area contributed by atoms with E-state index in [-0.39, 0.29) is 11.9 Å². The number of anilines is 1. The first-order valence-corrected chi connectivity index (χ1v) is 9.75. The maximum atomic E-state index is 12.6. The zero-order valence-electron chi connectivity index (χ0n) is 16.4.